The van der Waals surface area contributed by atoms with E-state index in [9.17, 15) is 0 Å². The molecule has 0 bridgehead atoms. The number of aromatic nitrogens is 5. The average Bonchev–Trinajstić information content (AvgIpc) is 2.42. The van der Waals surface area contributed by atoms with E-state index in [2.05, 4.69) is 25.6 Å². The van der Waals surface area contributed by atoms with Gasteiger partial charge in [0.05, 0.1) is 24.8 Å². The standard InChI is InChI=1S/C8H6N2.C3H3N3/c1-2-4-8-6-10-9-5-7(8)3-1;1-2-4-6-5-3-1/h1-6H;1-3H. The highest BCUT2D eigenvalue weighted by atomic mass is 15.3. The van der Waals surface area contributed by atoms with Gasteiger partial charge in [-0.05, 0) is 11.3 Å². The zero-order chi connectivity index (χ0) is 11.1. The van der Waals surface area contributed by atoms with Crippen LogP contribution in [0, 0.1) is 0 Å². The highest BCUT2D eigenvalue weighted by Gasteiger charge is 1.87. The Hall–Kier alpha value is -2.43. The molecule has 0 aliphatic rings. The molecule has 0 saturated carbocycles. The zero-order valence-electron chi connectivity index (χ0n) is 8.43. The monoisotopic (exact) mass is 211 g/mol. The fourth-order valence-electron chi connectivity index (χ4n) is 1.14. The topological polar surface area (TPSA) is 64.5 Å². The summed E-state index contributed by atoms with van der Waals surface area (Å²) in [5.74, 6) is 0. The van der Waals surface area contributed by atoms with E-state index in [4.69, 9.17) is 0 Å². The second-order valence-electron chi connectivity index (χ2n) is 2.93. The maximum absolute atomic E-state index is 3.76. The summed E-state index contributed by atoms with van der Waals surface area (Å²) in [6.07, 6.45) is 6.67. The lowest BCUT2D eigenvalue weighted by atomic mass is 10.2. The molecule has 3 rings (SSSR count). The number of hydrogen-bond acceptors (Lipinski definition) is 5. The van der Waals surface area contributed by atoms with Crippen LogP contribution in [0.5, 0.6) is 0 Å². The molecular formula is C11H9N5. The summed E-state index contributed by atoms with van der Waals surface area (Å²) in [7, 11) is 0. The average molecular weight is 211 g/mol. The van der Waals surface area contributed by atoms with Gasteiger partial charge in [0.15, 0.2) is 0 Å². The quantitative estimate of drug-likeness (QED) is 0.563. The third kappa shape index (κ3) is 2.78. The second kappa shape index (κ2) is 5.45. The molecule has 0 atom stereocenters. The summed E-state index contributed by atoms with van der Waals surface area (Å²) in [4.78, 5) is 0. The van der Waals surface area contributed by atoms with Crippen molar-refractivity contribution < 1.29 is 0 Å². The van der Waals surface area contributed by atoms with Gasteiger partial charge in [0.25, 0.3) is 0 Å². The van der Waals surface area contributed by atoms with Crippen molar-refractivity contribution >= 4 is 10.8 Å². The maximum Gasteiger partial charge on any atom is 0.0574 e. The van der Waals surface area contributed by atoms with Gasteiger partial charge in [-0.3, -0.25) is 0 Å². The normalized spacial score (nSPS) is 9.25. The Morgan fingerprint density at radius 2 is 1.19 bits per heavy atom. The minimum absolute atomic E-state index is 1.14. The fourth-order valence-corrected chi connectivity index (χ4v) is 1.14. The lowest BCUT2D eigenvalue weighted by molar-refractivity contribution is 0.865. The van der Waals surface area contributed by atoms with Crippen LogP contribution in [0.2, 0.25) is 0 Å². The van der Waals surface area contributed by atoms with Crippen molar-refractivity contribution in [2.75, 3.05) is 0 Å². The van der Waals surface area contributed by atoms with Gasteiger partial charge in [0.2, 0.25) is 0 Å². The summed E-state index contributed by atoms with van der Waals surface area (Å²) in [5.41, 5.74) is 0. The Kier molecular flexibility index (Phi) is 3.44. The van der Waals surface area contributed by atoms with Crippen LogP contribution in [-0.2, 0) is 0 Å². The van der Waals surface area contributed by atoms with Crippen molar-refractivity contribution in [3.8, 4) is 0 Å². The van der Waals surface area contributed by atoms with Crippen LogP contribution in [0.15, 0.2) is 55.1 Å². The molecule has 0 radical (unpaired) electrons. The van der Waals surface area contributed by atoms with E-state index >= 15 is 0 Å². The van der Waals surface area contributed by atoms with E-state index in [1.807, 2.05) is 24.3 Å². The molecule has 0 fully saturated rings. The summed E-state index contributed by atoms with van der Waals surface area (Å²) in [6, 6.07) is 9.73. The molecule has 0 N–H and O–H groups in total. The first-order valence-corrected chi connectivity index (χ1v) is 4.70. The van der Waals surface area contributed by atoms with E-state index in [1.165, 1.54) is 0 Å². The molecule has 1 aromatic carbocycles. The second-order valence-corrected chi connectivity index (χ2v) is 2.93. The minimum Gasteiger partial charge on any atom is -0.158 e. The van der Waals surface area contributed by atoms with E-state index in [0.29, 0.717) is 0 Å². The number of nitrogens with zero attached hydrogens (tertiary/aromatic N) is 5. The van der Waals surface area contributed by atoms with Crippen LogP contribution in [0.4, 0.5) is 0 Å². The van der Waals surface area contributed by atoms with Crippen LogP contribution in [0.3, 0.4) is 0 Å². The summed E-state index contributed by atoms with van der Waals surface area (Å²) < 4.78 is 0. The molecule has 3 aromatic rings. The van der Waals surface area contributed by atoms with Crippen LogP contribution in [0.1, 0.15) is 0 Å². The Morgan fingerprint density at radius 3 is 1.56 bits per heavy atom. The number of fused-ring (bicyclic) bond motifs is 1. The predicted octanol–water partition coefficient (Wildman–Crippen LogP) is 1.50. The highest BCUT2D eigenvalue weighted by Crippen LogP contribution is 2.08. The van der Waals surface area contributed by atoms with Crippen molar-refractivity contribution in [3.05, 3.63) is 55.1 Å². The van der Waals surface area contributed by atoms with E-state index in [1.54, 1.807) is 30.9 Å². The first kappa shape index (κ1) is 10.1. The zero-order valence-corrected chi connectivity index (χ0v) is 8.43. The molecule has 5 nitrogen and oxygen atoms in total. The maximum atomic E-state index is 3.76. The number of hydrogen-bond donors (Lipinski definition) is 0. The largest absolute Gasteiger partial charge is 0.158 e. The number of benzene rings is 1. The van der Waals surface area contributed by atoms with Crippen molar-refractivity contribution in [1.82, 2.24) is 25.6 Å². The lowest BCUT2D eigenvalue weighted by Crippen LogP contribution is -1.78. The SMILES string of the molecule is c1ccc2cnncc2c1.c1cnnnc1. The lowest BCUT2D eigenvalue weighted by Gasteiger charge is -1.90. The first-order valence-electron chi connectivity index (χ1n) is 4.70. The van der Waals surface area contributed by atoms with E-state index in [-0.39, 0.29) is 0 Å². The van der Waals surface area contributed by atoms with Gasteiger partial charge in [0.1, 0.15) is 0 Å². The summed E-state index contributed by atoms with van der Waals surface area (Å²) >= 11 is 0. The molecule has 5 heteroatoms. The summed E-state index contributed by atoms with van der Waals surface area (Å²) in [5, 5.41) is 19.9. The van der Waals surface area contributed by atoms with Crippen LogP contribution in [0.25, 0.3) is 10.8 Å². The predicted molar refractivity (Wildman–Crippen MR) is 59.4 cm³/mol. The Balaban J connectivity index is 0.000000138. The molecule has 0 saturated heterocycles. The Morgan fingerprint density at radius 1 is 0.625 bits per heavy atom. The molecule has 78 valence electrons. The fraction of sp³-hybridized carbons (Fsp3) is 0. The van der Waals surface area contributed by atoms with Gasteiger partial charge in [-0.25, -0.2) is 0 Å². The van der Waals surface area contributed by atoms with E-state index in [0.717, 1.165) is 10.8 Å². The van der Waals surface area contributed by atoms with E-state index < -0.39 is 0 Å². The van der Waals surface area contributed by atoms with Crippen LogP contribution in [-0.4, -0.2) is 25.6 Å². The third-order valence-electron chi connectivity index (χ3n) is 1.87. The number of rotatable bonds is 0. The van der Waals surface area contributed by atoms with Crippen molar-refractivity contribution in [2.24, 2.45) is 0 Å². The molecular weight excluding hydrogens is 202 g/mol. The summed E-state index contributed by atoms with van der Waals surface area (Å²) in [6.45, 7) is 0. The van der Waals surface area contributed by atoms with Crippen molar-refractivity contribution in [3.63, 3.8) is 0 Å². The molecule has 0 aliphatic heterocycles. The van der Waals surface area contributed by atoms with Crippen LogP contribution < -0.4 is 0 Å². The molecule has 2 heterocycles. The highest BCUT2D eigenvalue weighted by molar-refractivity contribution is 5.80. The van der Waals surface area contributed by atoms with Crippen LogP contribution >= 0.6 is 0 Å². The van der Waals surface area contributed by atoms with Crippen molar-refractivity contribution in [1.29, 1.82) is 0 Å². The van der Waals surface area contributed by atoms with Gasteiger partial charge in [-0.1, -0.05) is 24.3 Å². The smallest absolute Gasteiger partial charge is 0.0574 e. The first-order chi connectivity index (χ1) is 7.97. The molecule has 0 unspecified atom stereocenters. The molecule has 0 amide bonds. The van der Waals surface area contributed by atoms with Gasteiger partial charge in [-0.15, -0.1) is 10.2 Å². The Bertz CT molecular complexity index is 449. The molecule has 0 aliphatic carbocycles. The van der Waals surface area contributed by atoms with Gasteiger partial charge in [0, 0.05) is 10.8 Å². The van der Waals surface area contributed by atoms with Gasteiger partial charge < -0.3 is 0 Å². The third-order valence-corrected chi connectivity index (χ3v) is 1.87. The molecule has 0 spiro atoms. The van der Waals surface area contributed by atoms with Gasteiger partial charge >= 0.3 is 0 Å². The van der Waals surface area contributed by atoms with Crippen molar-refractivity contribution in [2.45, 2.75) is 0 Å². The van der Waals surface area contributed by atoms with Gasteiger partial charge in [-0.2, -0.15) is 10.2 Å². The Labute approximate surface area is 92.2 Å². The minimum atomic E-state index is 1.14. The molecule has 16 heavy (non-hydrogen) atoms. The molecule has 2 aromatic heterocycles.